The second kappa shape index (κ2) is 9.45. The Morgan fingerprint density at radius 2 is 1.42 bits per heavy atom. The van der Waals surface area contributed by atoms with Crippen LogP contribution in [0, 0.1) is 6.92 Å². The van der Waals surface area contributed by atoms with Gasteiger partial charge in [0.2, 0.25) is 5.76 Å². The zero-order valence-electron chi connectivity index (χ0n) is 22.3. The number of hydrogen-bond acceptors (Lipinski definition) is 6. The van der Waals surface area contributed by atoms with Crippen molar-refractivity contribution in [3.05, 3.63) is 59.0 Å². The van der Waals surface area contributed by atoms with Crippen molar-refractivity contribution in [2.45, 2.75) is 58.3 Å². The van der Waals surface area contributed by atoms with E-state index in [0.717, 1.165) is 18.4 Å². The van der Waals surface area contributed by atoms with E-state index in [1.54, 1.807) is 25.3 Å². The van der Waals surface area contributed by atoms with Crippen molar-refractivity contribution in [2.75, 3.05) is 26.6 Å². The summed E-state index contributed by atoms with van der Waals surface area (Å²) in [5, 5.41) is 2.83. The largest absolute Gasteiger partial charge is 0.496 e. The van der Waals surface area contributed by atoms with E-state index in [-0.39, 0.29) is 16.6 Å². The van der Waals surface area contributed by atoms with Gasteiger partial charge in [0.05, 0.1) is 27.6 Å². The van der Waals surface area contributed by atoms with Crippen molar-refractivity contribution in [1.29, 1.82) is 0 Å². The van der Waals surface area contributed by atoms with Crippen LogP contribution in [0.3, 0.4) is 0 Å². The van der Waals surface area contributed by atoms with Gasteiger partial charge in [-0.1, -0.05) is 33.8 Å². The minimum atomic E-state index is -0.492. The first-order chi connectivity index (χ1) is 17.0. The van der Waals surface area contributed by atoms with Crippen LogP contribution in [-0.4, -0.2) is 27.2 Å². The highest BCUT2D eigenvalue weighted by Crippen LogP contribution is 2.48. The van der Waals surface area contributed by atoms with E-state index in [1.165, 1.54) is 31.6 Å². The van der Waals surface area contributed by atoms with Crippen LogP contribution >= 0.6 is 0 Å². The molecule has 0 aliphatic heterocycles. The zero-order chi connectivity index (χ0) is 26.3. The Bertz CT molecular complexity index is 1260. The number of amides is 1. The Kier molecular flexibility index (Phi) is 6.69. The van der Waals surface area contributed by atoms with Crippen LogP contribution in [-0.2, 0) is 10.8 Å². The fourth-order valence-electron chi connectivity index (χ4n) is 4.77. The molecule has 0 spiro atoms. The summed E-state index contributed by atoms with van der Waals surface area (Å²) >= 11 is 0. The first-order valence-corrected chi connectivity index (χ1v) is 12.0. The first-order valence-electron chi connectivity index (χ1n) is 12.0. The highest BCUT2D eigenvalue weighted by Gasteiger charge is 2.37. The SMILES string of the molecule is COc1cc(OC)c(NC(=O)c2occc2Oc2cc3c(cc2C)C(C)(C)CCC3(C)C)c(OC)c1. The van der Waals surface area contributed by atoms with Gasteiger partial charge in [-0.3, -0.25) is 4.79 Å². The number of anilines is 1. The Hall–Kier alpha value is -3.61. The van der Waals surface area contributed by atoms with Gasteiger partial charge in [-0.15, -0.1) is 0 Å². The molecule has 192 valence electrons. The number of carbonyl (C=O) groups is 1. The summed E-state index contributed by atoms with van der Waals surface area (Å²) in [6.45, 7) is 11.2. The normalized spacial score (nSPS) is 15.6. The average Bonchev–Trinajstić information content (AvgIpc) is 3.31. The molecule has 4 rings (SSSR count). The van der Waals surface area contributed by atoms with E-state index in [1.807, 2.05) is 6.92 Å². The molecule has 2 aromatic carbocycles. The number of rotatable bonds is 7. The molecule has 1 aliphatic carbocycles. The Morgan fingerprint density at radius 1 is 0.833 bits per heavy atom. The van der Waals surface area contributed by atoms with Crippen LogP contribution in [0.4, 0.5) is 5.69 Å². The smallest absolute Gasteiger partial charge is 0.295 e. The molecule has 0 unspecified atom stereocenters. The fourth-order valence-corrected chi connectivity index (χ4v) is 4.77. The van der Waals surface area contributed by atoms with Gasteiger partial charge in [0.25, 0.3) is 5.91 Å². The highest BCUT2D eigenvalue weighted by atomic mass is 16.5. The lowest BCUT2D eigenvalue weighted by molar-refractivity contribution is 0.0992. The number of furan rings is 1. The second-order valence-corrected chi connectivity index (χ2v) is 10.5. The number of hydrogen-bond donors (Lipinski definition) is 1. The quantitative estimate of drug-likeness (QED) is 0.381. The van der Waals surface area contributed by atoms with E-state index >= 15 is 0 Å². The number of fused-ring (bicyclic) bond motifs is 1. The van der Waals surface area contributed by atoms with Crippen LogP contribution in [0.2, 0.25) is 0 Å². The summed E-state index contributed by atoms with van der Waals surface area (Å²) in [6.07, 6.45) is 3.67. The topological polar surface area (TPSA) is 79.2 Å². The number of methoxy groups -OCH3 is 3. The van der Waals surface area contributed by atoms with Crippen LogP contribution < -0.4 is 24.3 Å². The van der Waals surface area contributed by atoms with Gasteiger partial charge in [-0.2, -0.15) is 0 Å². The fraction of sp³-hybridized carbons (Fsp3) is 0.414. The maximum absolute atomic E-state index is 13.3. The highest BCUT2D eigenvalue weighted by molar-refractivity contribution is 6.06. The van der Waals surface area contributed by atoms with E-state index in [2.05, 4.69) is 45.1 Å². The zero-order valence-corrected chi connectivity index (χ0v) is 22.3. The molecule has 0 bridgehead atoms. The summed E-state index contributed by atoms with van der Waals surface area (Å²) in [4.78, 5) is 13.3. The molecule has 1 aliphatic rings. The molecule has 0 radical (unpaired) electrons. The van der Waals surface area contributed by atoms with Gasteiger partial charge in [-0.05, 0) is 53.4 Å². The molecule has 36 heavy (non-hydrogen) atoms. The third-order valence-corrected chi connectivity index (χ3v) is 7.16. The van der Waals surface area contributed by atoms with Crippen LogP contribution in [0.15, 0.2) is 41.0 Å². The van der Waals surface area contributed by atoms with Gasteiger partial charge in [0.1, 0.15) is 28.7 Å². The lowest BCUT2D eigenvalue weighted by Crippen LogP contribution is -2.33. The molecule has 1 heterocycles. The van der Waals surface area contributed by atoms with Crippen molar-refractivity contribution in [3.8, 4) is 28.7 Å². The van der Waals surface area contributed by atoms with E-state index < -0.39 is 5.91 Å². The minimum Gasteiger partial charge on any atom is -0.496 e. The average molecular weight is 494 g/mol. The van der Waals surface area contributed by atoms with Crippen molar-refractivity contribution in [2.24, 2.45) is 0 Å². The lowest BCUT2D eigenvalue weighted by Gasteiger charge is -2.42. The molecule has 0 fully saturated rings. The Morgan fingerprint density at radius 3 is 1.97 bits per heavy atom. The molecule has 7 nitrogen and oxygen atoms in total. The molecule has 1 aromatic heterocycles. The van der Waals surface area contributed by atoms with Crippen LogP contribution in [0.25, 0.3) is 0 Å². The molecule has 0 atom stereocenters. The van der Waals surface area contributed by atoms with Gasteiger partial charge in [0, 0.05) is 18.2 Å². The Balaban J connectivity index is 1.66. The molecule has 1 N–H and O–H groups in total. The predicted octanol–water partition coefficient (Wildman–Crippen LogP) is 7.01. The lowest BCUT2D eigenvalue weighted by atomic mass is 9.63. The van der Waals surface area contributed by atoms with Crippen molar-refractivity contribution >= 4 is 11.6 Å². The van der Waals surface area contributed by atoms with E-state index in [0.29, 0.717) is 34.4 Å². The number of carbonyl (C=O) groups excluding carboxylic acids is 1. The molecule has 0 saturated heterocycles. The summed E-state index contributed by atoms with van der Waals surface area (Å²) in [5.41, 5.74) is 4.14. The van der Waals surface area contributed by atoms with Crippen molar-refractivity contribution in [3.63, 3.8) is 0 Å². The maximum Gasteiger partial charge on any atom is 0.295 e. The van der Waals surface area contributed by atoms with Gasteiger partial charge in [-0.25, -0.2) is 0 Å². The third kappa shape index (κ3) is 4.62. The molecular formula is C29H35NO6. The molecule has 0 saturated carbocycles. The number of benzene rings is 2. The maximum atomic E-state index is 13.3. The number of aryl methyl sites for hydroxylation is 1. The number of ether oxygens (including phenoxy) is 4. The molecular weight excluding hydrogens is 458 g/mol. The Labute approximate surface area is 212 Å². The van der Waals surface area contributed by atoms with Gasteiger partial charge < -0.3 is 28.7 Å². The summed E-state index contributed by atoms with van der Waals surface area (Å²) in [7, 11) is 4.56. The standard InChI is InChI=1S/C29H35NO6/c1-17-13-19-20(29(4,5)11-10-28(19,2)3)16-22(17)36-21-9-12-35-26(21)27(31)30-25-23(33-7)14-18(32-6)15-24(25)34-8/h9,12-16H,10-11H2,1-8H3,(H,30,31). The molecule has 3 aromatic rings. The van der Waals surface area contributed by atoms with Crippen molar-refractivity contribution < 1.29 is 28.2 Å². The van der Waals surface area contributed by atoms with E-state index in [9.17, 15) is 4.79 Å². The van der Waals surface area contributed by atoms with Gasteiger partial charge >= 0.3 is 0 Å². The summed E-state index contributed by atoms with van der Waals surface area (Å²) in [5.74, 6) is 1.91. The monoisotopic (exact) mass is 493 g/mol. The predicted molar refractivity (Wildman–Crippen MR) is 139 cm³/mol. The summed E-state index contributed by atoms with van der Waals surface area (Å²) < 4.78 is 28.0. The first kappa shape index (κ1) is 25.5. The second-order valence-electron chi connectivity index (χ2n) is 10.5. The summed E-state index contributed by atoms with van der Waals surface area (Å²) in [6, 6.07) is 9.31. The third-order valence-electron chi connectivity index (χ3n) is 7.16. The molecule has 7 heteroatoms. The molecule has 1 amide bonds. The minimum absolute atomic E-state index is 0.0364. The van der Waals surface area contributed by atoms with Crippen LogP contribution in [0.1, 0.15) is 67.8 Å². The van der Waals surface area contributed by atoms with E-state index in [4.69, 9.17) is 23.4 Å². The van der Waals surface area contributed by atoms with Gasteiger partial charge in [0.15, 0.2) is 5.75 Å². The van der Waals surface area contributed by atoms with Crippen LogP contribution in [0.5, 0.6) is 28.7 Å². The van der Waals surface area contributed by atoms with Crippen molar-refractivity contribution in [1.82, 2.24) is 0 Å². The number of nitrogens with one attached hydrogen (secondary N) is 1.